The van der Waals surface area contributed by atoms with Gasteiger partial charge in [-0.1, -0.05) is 12.1 Å². The molecule has 86 valence electrons. The first-order chi connectivity index (χ1) is 7.47. The van der Waals surface area contributed by atoms with Gasteiger partial charge in [0.1, 0.15) is 0 Å². The standard InChI is InChI=1S/C11H9F3O2/c12-11(13,14)9-3-1-7(2-4-9)8-5-10(15)16-6-8/h1-4,8H,5-6H2/t8-/m0/s1. The van der Waals surface area contributed by atoms with Crippen LogP contribution in [0.25, 0.3) is 0 Å². The molecule has 0 spiro atoms. The predicted molar refractivity (Wildman–Crippen MR) is 49.8 cm³/mol. The lowest BCUT2D eigenvalue weighted by Crippen LogP contribution is -2.05. The highest BCUT2D eigenvalue weighted by Gasteiger charge is 2.31. The van der Waals surface area contributed by atoms with E-state index in [2.05, 4.69) is 0 Å². The van der Waals surface area contributed by atoms with Crippen LogP contribution in [0, 0.1) is 0 Å². The number of carbonyl (C=O) groups is 1. The van der Waals surface area contributed by atoms with Crippen molar-refractivity contribution in [3.63, 3.8) is 0 Å². The van der Waals surface area contributed by atoms with Crippen molar-refractivity contribution < 1.29 is 22.7 Å². The van der Waals surface area contributed by atoms with Gasteiger partial charge in [-0.3, -0.25) is 4.79 Å². The van der Waals surface area contributed by atoms with Gasteiger partial charge in [0.15, 0.2) is 0 Å². The molecular formula is C11H9F3O2. The number of alkyl halides is 3. The highest BCUT2D eigenvalue weighted by Crippen LogP contribution is 2.32. The maximum absolute atomic E-state index is 12.3. The highest BCUT2D eigenvalue weighted by atomic mass is 19.4. The summed E-state index contributed by atoms with van der Waals surface area (Å²) >= 11 is 0. The van der Waals surface area contributed by atoms with E-state index in [4.69, 9.17) is 4.74 Å². The molecule has 0 N–H and O–H groups in total. The first kappa shape index (κ1) is 11.0. The average Bonchev–Trinajstić information content (AvgIpc) is 2.64. The van der Waals surface area contributed by atoms with Gasteiger partial charge < -0.3 is 4.74 Å². The molecule has 1 saturated heterocycles. The second-order valence-electron chi connectivity index (χ2n) is 3.70. The zero-order valence-electron chi connectivity index (χ0n) is 8.25. The molecule has 1 fully saturated rings. The maximum atomic E-state index is 12.3. The first-order valence-corrected chi connectivity index (χ1v) is 4.79. The monoisotopic (exact) mass is 230 g/mol. The van der Waals surface area contributed by atoms with Crippen LogP contribution in [0.2, 0.25) is 0 Å². The summed E-state index contributed by atoms with van der Waals surface area (Å²) in [5.41, 5.74) is 0.0281. The molecule has 0 bridgehead atoms. The fourth-order valence-electron chi connectivity index (χ4n) is 1.67. The Morgan fingerprint density at radius 3 is 2.25 bits per heavy atom. The minimum atomic E-state index is -4.32. The zero-order valence-corrected chi connectivity index (χ0v) is 8.25. The minimum Gasteiger partial charge on any atom is -0.465 e. The lowest BCUT2D eigenvalue weighted by molar-refractivity contribution is -0.138. The Hall–Kier alpha value is -1.52. The third-order valence-electron chi connectivity index (χ3n) is 2.57. The summed E-state index contributed by atoms with van der Waals surface area (Å²) in [5, 5.41) is 0. The molecule has 0 radical (unpaired) electrons. The lowest BCUT2D eigenvalue weighted by Gasteiger charge is -2.09. The van der Waals surface area contributed by atoms with Crippen molar-refractivity contribution in [3.8, 4) is 0 Å². The van der Waals surface area contributed by atoms with E-state index in [1.807, 2.05) is 0 Å². The number of esters is 1. The quantitative estimate of drug-likeness (QED) is 0.693. The van der Waals surface area contributed by atoms with Crippen molar-refractivity contribution in [1.82, 2.24) is 0 Å². The molecule has 0 aliphatic carbocycles. The van der Waals surface area contributed by atoms with Gasteiger partial charge in [0.2, 0.25) is 0 Å². The van der Waals surface area contributed by atoms with Crippen LogP contribution < -0.4 is 0 Å². The molecular weight excluding hydrogens is 221 g/mol. The van der Waals surface area contributed by atoms with Crippen molar-refractivity contribution >= 4 is 5.97 Å². The van der Waals surface area contributed by atoms with Crippen LogP contribution in [0.1, 0.15) is 23.5 Å². The fourth-order valence-corrected chi connectivity index (χ4v) is 1.67. The number of halogens is 3. The Bertz CT molecular complexity index is 395. The van der Waals surface area contributed by atoms with Gasteiger partial charge in [0.05, 0.1) is 18.6 Å². The van der Waals surface area contributed by atoms with Crippen LogP contribution in [0.15, 0.2) is 24.3 Å². The largest absolute Gasteiger partial charge is 0.465 e. The lowest BCUT2D eigenvalue weighted by atomic mass is 9.97. The number of benzene rings is 1. The molecule has 1 aliphatic heterocycles. The number of rotatable bonds is 1. The zero-order chi connectivity index (χ0) is 11.8. The summed E-state index contributed by atoms with van der Waals surface area (Å²) in [6, 6.07) is 4.85. The van der Waals surface area contributed by atoms with Gasteiger partial charge >= 0.3 is 12.1 Å². The van der Waals surface area contributed by atoms with E-state index in [0.29, 0.717) is 5.56 Å². The molecule has 0 unspecified atom stereocenters. The molecule has 1 aromatic rings. The van der Waals surface area contributed by atoms with E-state index in [0.717, 1.165) is 12.1 Å². The number of hydrogen-bond donors (Lipinski definition) is 0. The summed E-state index contributed by atoms with van der Waals surface area (Å²) in [6.45, 7) is 0.254. The Kier molecular flexibility index (Phi) is 2.61. The summed E-state index contributed by atoms with van der Waals surface area (Å²) in [7, 11) is 0. The Morgan fingerprint density at radius 1 is 1.19 bits per heavy atom. The first-order valence-electron chi connectivity index (χ1n) is 4.79. The number of ether oxygens (including phenoxy) is 1. The normalized spacial score (nSPS) is 20.9. The SMILES string of the molecule is O=C1C[C@H](c2ccc(C(F)(F)F)cc2)CO1. The van der Waals surface area contributed by atoms with Crippen LogP contribution in [0.3, 0.4) is 0 Å². The molecule has 5 heteroatoms. The van der Waals surface area contributed by atoms with Crippen molar-refractivity contribution in [2.24, 2.45) is 0 Å². The second kappa shape index (κ2) is 3.81. The summed E-state index contributed by atoms with van der Waals surface area (Å²) in [4.78, 5) is 10.9. The molecule has 2 nitrogen and oxygen atoms in total. The minimum absolute atomic E-state index is 0.116. The predicted octanol–water partition coefficient (Wildman–Crippen LogP) is 2.74. The molecule has 1 aromatic carbocycles. The van der Waals surface area contributed by atoms with Crippen LogP contribution in [0.5, 0.6) is 0 Å². The molecule has 1 atom stereocenters. The molecule has 16 heavy (non-hydrogen) atoms. The van der Waals surface area contributed by atoms with E-state index in [1.165, 1.54) is 12.1 Å². The van der Waals surface area contributed by atoms with Crippen molar-refractivity contribution in [2.75, 3.05) is 6.61 Å². The summed E-state index contributed by atoms with van der Waals surface area (Å²) in [5.74, 6) is -0.417. The Labute approximate surface area is 90.0 Å². The van der Waals surface area contributed by atoms with Crippen LogP contribution >= 0.6 is 0 Å². The smallest absolute Gasteiger partial charge is 0.416 e. The highest BCUT2D eigenvalue weighted by molar-refractivity contribution is 5.72. The molecule has 1 aliphatic rings. The number of cyclic esters (lactones) is 1. The fraction of sp³-hybridized carbons (Fsp3) is 0.364. The van der Waals surface area contributed by atoms with Gasteiger partial charge in [0, 0.05) is 5.92 Å². The molecule has 1 heterocycles. The Morgan fingerprint density at radius 2 is 1.81 bits per heavy atom. The molecule has 0 amide bonds. The summed E-state index contributed by atoms with van der Waals surface area (Å²) < 4.78 is 41.6. The van der Waals surface area contributed by atoms with E-state index in [1.54, 1.807) is 0 Å². The third-order valence-corrected chi connectivity index (χ3v) is 2.57. The van der Waals surface area contributed by atoms with Crippen LogP contribution in [-0.4, -0.2) is 12.6 Å². The van der Waals surface area contributed by atoms with E-state index >= 15 is 0 Å². The van der Waals surface area contributed by atoms with Crippen molar-refractivity contribution in [2.45, 2.75) is 18.5 Å². The van der Waals surface area contributed by atoms with Gasteiger partial charge in [-0.15, -0.1) is 0 Å². The van der Waals surface area contributed by atoms with Crippen molar-refractivity contribution in [3.05, 3.63) is 35.4 Å². The maximum Gasteiger partial charge on any atom is 0.416 e. The average molecular weight is 230 g/mol. The van der Waals surface area contributed by atoms with Gasteiger partial charge in [0.25, 0.3) is 0 Å². The molecule has 0 saturated carbocycles. The van der Waals surface area contributed by atoms with Gasteiger partial charge in [-0.25, -0.2) is 0 Å². The third kappa shape index (κ3) is 2.18. The molecule has 2 rings (SSSR count). The topological polar surface area (TPSA) is 26.3 Å². The Balaban J connectivity index is 2.17. The van der Waals surface area contributed by atoms with Crippen molar-refractivity contribution in [1.29, 1.82) is 0 Å². The van der Waals surface area contributed by atoms with Crippen LogP contribution in [0.4, 0.5) is 13.2 Å². The van der Waals surface area contributed by atoms with Gasteiger partial charge in [-0.05, 0) is 17.7 Å². The van der Waals surface area contributed by atoms with E-state index in [-0.39, 0.29) is 24.9 Å². The van der Waals surface area contributed by atoms with E-state index < -0.39 is 11.7 Å². The molecule has 0 aromatic heterocycles. The number of hydrogen-bond acceptors (Lipinski definition) is 2. The number of carbonyl (C=O) groups excluding carboxylic acids is 1. The van der Waals surface area contributed by atoms with Gasteiger partial charge in [-0.2, -0.15) is 13.2 Å². The second-order valence-corrected chi connectivity index (χ2v) is 3.70. The van der Waals surface area contributed by atoms with Crippen LogP contribution in [-0.2, 0) is 15.7 Å². The van der Waals surface area contributed by atoms with E-state index in [9.17, 15) is 18.0 Å². The summed E-state index contributed by atoms with van der Waals surface area (Å²) in [6.07, 6.45) is -4.08.